The van der Waals surface area contributed by atoms with Gasteiger partial charge in [-0.3, -0.25) is 0 Å². The van der Waals surface area contributed by atoms with Gasteiger partial charge in [0.15, 0.2) is 0 Å². The van der Waals surface area contributed by atoms with Gasteiger partial charge in [-0.2, -0.15) is 13.2 Å². The Kier molecular flexibility index (Phi) is 4.37. The van der Waals surface area contributed by atoms with E-state index >= 15 is 0 Å². The highest BCUT2D eigenvalue weighted by Gasteiger charge is 2.41. The number of aliphatic hydroxyl groups is 1. The molecule has 0 amide bonds. The lowest BCUT2D eigenvalue weighted by Crippen LogP contribution is -2.30. The average molecular weight is 294 g/mol. The highest BCUT2D eigenvalue weighted by atomic mass is 19.4. The molecule has 112 valence electrons. The van der Waals surface area contributed by atoms with Crippen molar-refractivity contribution in [3.63, 3.8) is 0 Å². The van der Waals surface area contributed by atoms with Gasteiger partial charge in [-0.1, -0.05) is 61.9 Å². The molecule has 2 aromatic carbocycles. The van der Waals surface area contributed by atoms with Crippen molar-refractivity contribution in [2.24, 2.45) is 0 Å². The fraction of sp³-hybridized carbons (Fsp3) is 0.294. The Bertz CT molecular complexity index is 592. The second-order valence-corrected chi connectivity index (χ2v) is 5.02. The molecule has 0 saturated carbocycles. The van der Waals surface area contributed by atoms with E-state index in [-0.39, 0.29) is 12.0 Å². The van der Waals surface area contributed by atoms with Crippen LogP contribution in [0, 0.1) is 0 Å². The minimum absolute atomic E-state index is 0.0921. The minimum Gasteiger partial charge on any atom is -0.380 e. The zero-order chi connectivity index (χ0) is 15.5. The van der Waals surface area contributed by atoms with Gasteiger partial charge in [0.1, 0.15) is 5.60 Å². The van der Waals surface area contributed by atoms with E-state index in [0.29, 0.717) is 12.0 Å². The molecule has 0 fully saturated rings. The molecule has 0 spiro atoms. The van der Waals surface area contributed by atoms with Crippen LogP contribution in [-0.2, 0) is 11.8 Å². The molecule has 0 heterocycles. The molecule has 0 aliphatic carbocycles. The van der Waals surface area contributed by atoms with Crippen molar-refractivity contribution in [3.8, 4) is 0 Å². The normalized spacial score (nSPS) is 14.7. The Labute approximate surface area is 122 Å². The van der Waals surface area contributed by atoms with Gasteiger partial charge in [-0.15, -0.1) is 0 Å². The lowest BCUT2D eigenvalue weighted by molar-refractivity contribution is -0.140. The third-order valence-electron chi connectivity index (χ3n) is 3.54. The highest BCUT2D eigenvalue weighted by molar-refractivity contribution is 5.42. The van der Waals surface area contributed by atoms with Crippen molar-refractivity contribution >= 4 is 0 Å². The van der Waals surface area contributed by atoms with Crippen LogP contribution in [-0.4, -0.2) is 5.11 Å². The molecule has 1 N–H and O–H groups in total. The number of hydrogen-bond acceptors (Lipinski definition) is 1. The highest BCUT2D eigenvalue weighted by Crippen LogP contribution is 2.41. The first-order chi connectivity index (χ1) is 9.89. The lowest BCUT2D eigenvalue weighted by Gasteiger charge is -2.31. The van der Waals surface area contributed by atoms with E-state index in [9.17, 15) is 18.3 Å². The molecule has 1 unspecified atom stereocenters. The van der Waals surface area contributed by atoms with Crippen molar-refractivity contribution in [2.45, 2.75) is 31.5 Å². The van der Waals surface area contributed by atoms with Crippen LogP contribution in [0.1, 0.15) is 36.5 Å². The minimum atomic E-state index is -4.49. The quantitative estimate of drug-likeness (QED) is 0.863. The van der Waals surface area contributed by atoms with E-state index in [1.54, 1.807) is 30.3 Å². The molecule has 0 aliphatic rings. The Morgan fingerprint density at radius 2 is 1.38 bits per heavy atom. The van der Waals surface area contributed by atoms with E-state index in [1.807, 2.05) is 6.92 Å². The molecule has 0 aromatic heterocycles. The maximum absolute atomic E-state index is 13.2. The second kappa shape index (κ2) is 5.90. The summed E-state index contributed by atoms with van der Waals surface area (Å²) in [4.78, 5) is 0. The first-order valence-electron chi connectivity index (χ1n) is 6.84. The van der Waals surface area contributed by atoms with Crippen LogP contribution in [0.2, 0.25) is 0 Å². The number of hydrogen-bond donors (Lipinski definition) is 1. The van der Waals surface area contributed by atoms with E-state index < -0.39 is 17.3 Å². The summed E-state index contributed by atoms with van der Waals surface area (Å²) in [6, 6.07) is 13.7. The zero-order valence-corrected chi connectivity index (χ0v) is 11.7. The maximum Gasteiger partial charge on any atom is 0.416 e. The Balaban J connectivity index is 2.65. The number of rotatable bonds is 4. The van der Waals surface area contributed by atoms with Gasteiger partial charge in [0.2, 0.25) is 0 Å². The van der Waals surface area contributed by atoms with Crippen LogP contribution in [0.4, 0.5) is 13.2 Å². The van der Waals surface area contributed by atoms with Gasteiger partial charge >= 0.3 is 6.18 Å². The monoisotopic (exact) mass is 294 g/mol. The fourth-order valence-corrected chi connectivity index (χ4v) is 2.60. The smallest absolute Gasteiger partial charge is 0.380 e. The Morgan fingerprint density at radius 1 is 0.857 bits per heavy atom. The Morgan fingerprint density at radius 3 is 1.90 bits per heavy atom. The van der Waals surface area contributed by atoms with Crippen LogP contribution in [0.3, 0.4) is 0 Å². The van der Waals surface area contributed by atoms with Crippen LogP contribution in [0.5, 0.6) is 0 Å². The predicted octanol–water partition coefficient (Wildman–Crippen LogP) is 4.74. The first kappa shape index (κ1) is 15.6. The van der Waals surface area contributed by atoms with Crippen LogP contribution < -0.4 is 0 Å². The maximum atomic E-state index is 13.2. The van der Waals surface area contributed by atoms with Gasteiger partial charge in [0.05, 0.1) is 5.56 Å². The molecule has 0 saturated heterocycles. The molecule has 1 atom stereocenters. The van der Waals surface area contributed by atoms with Gasteiger partial charge in [-0.25, -0.2) is 0 Å². The fourth-order valence-electron chi connectivity index (χ4n) is 2.60. The summed E-state index contributed by atoms with van der Waals surface area (Å²) >= 11 is 0. The molecule has 21 heavy (non-hydrogen) atoms. The van der Waals surface area contributed by atoms with Crippen molar-refractivity contribution in [3.05, 3.63) is 71.3 Å². The molecule has 2 aromatic rings. The first-order valence-corrected chi connectivity index (χ1v) is 6.84. The molecule has 1 nitrogen and oxygen atoms in total. The molecule has 0 radical (unpaired) electrons. The SMILES string of the molecule is CCCC(O)(c1ccccc1)c1ccccc1C(F)(F)F. The summed E-state index contributed by atoms with van der Waals surface area (Å²) in [5.41, 5.74) is -2.04. The largest absolute Gasteiger partial charge is 0.416 e. The van der Waals surface area contributed by atoms with Crippen molar-refractivity contribution < 1.29 is 18.3 Å². The third-order valence-corrected chi connectivity index (χ3v) is 3.54. The standard InChI is InChI=1S/C17H17F3O/c1-2-12-16(21,13-8-4-3-5-9-13)14-10-6-7-11-15(14)17(18,19)20/h3-11,21H,2,12H2,1H3. The summed E-state index contributed by atoms with van der Waals surface area (Å²) in [5.74, 6) is 0. The molecule has 2 rings (SSSR count). The molecule has 0 bridgehead atoms. The van der Waals surface area contributed by atoms with Crippen LogP contribution in [0.15, 0.2) is 54.6 Å². The van der Waals surface area contributed by atoms with Crippen LogP contribution >= 0.6 is 0 Å². The third kappa shape index (κ3) is 3.10. The van der Waals surface area contributed by atoms with Gasteiger partial charge in [0.25, 0.3) is 0 Å². The van der Waals surface area contributed by atoms with Crippen LogP contribution in [0.25, 0.3) is 0 Å². The summed E-state index contributed by atoms with van der Waals surface area (Å²) in [5, 5.41) is 11.0. The van der Waals surface area contributed by atoms with E-state index in [2.05, 4.69) is 0 Å². The average Bonchev–Trinajstić information content (AvgIpc) is 2.47. The Hall–Kier alpha value is -1.81. The van der Waals surface area contributed by atoms with E-state index in [0.717, 1.165) is 6.07 Å². The van der Waals surface area contributed by atoms with Gasteiger partial charge in [-0.05, 0) is 18.1 Å². The van der Waals surface area contributed by atoms with E-state index in [4.69, 9.17) is 0 Å². The van der Waals surface area contributed by atoms with Gasteiger partial charge < -0.3 is 5.11 Å². The molecule has 0 aliphatic heterocycles. The predicted molar refractivity (Wildman–Crippen MR) is 75.8 cm³/mol. The van der Waals surface area contributed by atoms with Crippen molar-refractivity contribution in [1.29, 1.82) is 0 Å². The van der Waals surface area contributed by atoms with Crippen molar-refractivity contribution in [2.75, 3.05) is 0 Å². The number of benzene rings is 2. The molecular formula is C17H17F3O. The van der Waals surface area contributed by atoms with Gasteiger partial charge in [0, 0.05) is 5.56 Å². The lowest BCUT2D eigenvalue weighted by atomic mass is 9.80. The zero-order valence-electron chi connectivity index (χ0n) is 11.7. The summed E-state index contributed by atoms with van der Waals surface area (Å²) in [6.07, 6.45) is -3.70. The molecular weight excluding hydrogens is 277 g/mol. The van der Waals surface area contributed by atoms with E-state index in [1.165, 1.54) is 18.2 Å². The molecule has 4 heteroatoms. The number of alkyl halides is 3. The topological polar surface area (TPSA) is 20.2 Å². The summed E-state index contributed by atoms with van der Waals surface area (Å²) < 4.78 is 39.7. The number of halogens is 3. The summed E-state index contributed by atoms with van der Waals surface area (Å²) in [6.45, 7) is 1.84. The summed E-state index contributed by atoms with van der Waals surface area (Å²) in [7, 11) is 0. The second-order valence-electron chi connectivity index (χ2n) is 5.02. The van der Waals surface area contributed by atoms with Crippen molar-refractivity contribution in [1.82, 2.24) is 0 Å².